The van der Waals surface area contributed by atoms with Crippen molar-refractivity contribution in [3.05, 3.63) is 101 Å². The lowest BCUT2D eigenvalue weighted by atomic mass is 9.99. The molecule has 1 N–H and O–H groups in total. The molecule has 1 aliphatic heterocycles. The molecule has 5 heteroatoms. The number of hydrogen-bond acceptors (Lipinski definition) is 4. The number of aromatic nitrogens is 1. The third-order valence-corrected chi connectivity index (χ3v) is 4.78. The van der Waals surface area contributed by atoms with Crippen LogP contribution in [0.5, 0.6) is 5.75 Å². The fourth-order valence-electron chi connectivity index (χ4n) is 3.41. The van der Waals surface area contributed by atoms with Gasteiger partial charge in [0, 0.05) is 11.8 Å². The second-order valence-corrected chi connectivity index (χ2v) is 6.61. The molecule has 1 aliphatic rings. The van der Waals surface area contributed by atoms with E-state index < -0.39 is 11.9 Å². The van der Waals surface area contributed by atoms with Crippen LogP contribution in [-0.2, 0) is 4.79 Å². The summed E-state index contributed by atoms with van der Waals surface area (Å²) in [5.41, 5.74) is 2.26. The summed E-state index contributed by atoms with van der Waals surface area (Å²) in [6.45, 7) is 2.00. The Kier molecular flexibility index (Phi) is 4.81. The van der Waals surface area contributed by atoms with Crippen molar-refractivity contribution < 1.29 is 14.6 Å². The van der Waals surface area contributed by atoms with Crippen LogP contribution in [0.25, 0.3) is 0 Å². The second kappa shape index (κ2) is 7.56. The molecule has 5 nitrogen and oxygen atoms in total. The normalized spacial score (nSPS) is 16.5. The molecule has 0 radical (unpaired) electrons. The highest BCUT2D eigenvalue weighted by Crippen LogP contribution is 2.40. The largest absolute Gasteiger partial charge is 0.503 e. The van der Waals surface area contributed by atoms with Crippen LogP contribution in [0, 0.1) is 6.92 Å². The molecule has 1 amide bonds. The number of carbonyl (C=O) groups excluding carboxylic acids is 1. The summed E-state index contributed by atoms with van der Waals surface area (Å²) in [6, 6.07) is 22.2. The highest BCUT2D eigenvalue weighted by molar-refractivity contribution is 6.08. The first-order valence-corrected chi connectivity index (χ1v) is 9.07. The first-order valence-electron chi connectivity index (χ1n) is 9.07. The second-order valence-electron chi connectivity index (χ2n) is 6.61. The minimum absolute atomic E-state index is 0.101. The zero-order valence-corrected chi connectivity index (χ0v) is 15.4. The van der Waals surface area contributed by atoms with Crippen molar-refractivity contribution in [2.45, 2.75) is 13.0 Å². The van der Waals surface area contributed by atoms with E-state index in [9.17, 15) is 9.90 Å². The summed E-state index contributed by atoms with van der Waals surface area (Å²) >= 11 is 0. The van der Waals surface area contributed by atoms with Gasteiger partial charge in [0.15, 0.2) is 5.76 Å². The molecule has 140 valence electrons. The molecule has 0 fully saturated rings. The van der Waals surface area contributed by atoms with Crippen molar-refractivity contribution in [3.8, 4) is 5.75 Å². The van der Waals surface area contributed by atoms with Crippen LogP contribution in [0.2, 0.25) is 0 Å². The van der Waals surface area contributed by atoms with Crippen LogP contribution in [0.4, 0.5) is 5.82 Å². The number of aliphatic hydroxyl groups excluding tert-OH is 1. The molecule has 1 atom stereocenters. The maximum atomic E-state index is 13.0. The summed E-state index contributed by atoms with van der Waals surface area (Å²) in [6.07, 6.45) is 1.65. The maximum Gasteiger partial charge on any atom is 0.295 e. The molecule has 0 bridgehead atoms. The standard InChI is InChI=1S/C23H20N2O3/c1-16-9-8-14-24-22(16)25-20(17-10-4-2-5-11-17)19(21(26)23(25)27)15-28-18-12-6-3-7-13-18/h2-14,20,26H,15H2,1H3. The fourth-order valence-corrected chi connectivity index (χ4v) is 3.41. The van der Waals surface area contributed by atoms with Gasteiger partial charge in [-0.05, 0) is 36.2 Å². The van der Waals surface area contributed by atoms with Gasteiger partial charge >= 0.3 is 0 Å². The molecule has 28 heavy (non-hydrogen) atoms. The number of amides is 1. The summed E-state index contributed by atoms with van der Waals surface area (Å²) in [5, 5.41) is 10.7. The maximum absolute atomic E-state index is 13.0. The van der Waals surface area contributed by atoms with Gasteiger partial charge in [0.05, 0.1) is 6.04 Å². The van der Waals surface area contributed by atoms with Gasteiger partial charge in [-0.25, -0.2) is 4.98 Å². The van der Waals surface area contributed by atoms with Crippen molar-refractivity contribution >= 4 is 11.7 Å². The van der Waals surface area contributed by atoms with Gasteiger partial charge in [-0.3, -0.25) is 9.69 Å². The van der Waals surface area contributed by atoms with Crippen LogP contribution in [0.3, 0.4) is 0 Å². The molecular formula is C23H20N2O3. The van der Waals surface area contributed by atoms with E-state index in [2.05, 4.69) is 4.98 Å². The van der Waals surface area contributed by atoms with E-state index in [1.165, 1.54) is 0 Å². The molecule has 2 aromatic carbocycles. The number of carbonyl (C=O) groups is 1. The topological polar surface area (TPSA) is 62.7 Å². The van der Waals surface area contributed by atoms with E-state index in [1.807, 2.05) is 79.7 Å². The van der Waals surface area contributed by atoms with Gasteiger partial charge in [0.2, 0.25) is 0 Å². The lowest BCUT2D eigenvalue weighted by molar-refractivity contribution is -0.117. The first kappa shape index (κ1) is 17.8. The van der Waals surface area contributed by atoms with Crippen LogP contribution in [0.1, 0.15) is 17.2 Å². The molecular weight excluding hydrogens is 352 g/mol. The molecule has 4 rings (SSSR count). The van der Waals surface area contributed by atoms with Gasteiger partial charge < -0.3 is 9.84 Å². The van der Waals surface area contributed by atoms with Crippen LogP contribution < -0.4 is 9.64 Å². The zero-order valence-electron chi connectivity index (χ0n) is 15.4. The summed E-state index contributed by atoms with van der Waals surface area (Å²) in [7, 11) is 0. The minimum Gasteiger partial charge on any atom is -0.503 e. The fraction of sp³-hybridized carbons (Fsp3) is 0.130. The van der Waals surface area contributed by atoms with Crippen molar-refractivity contribution in [1.29, 1.82) is 0 Å². The third kappa shape index (κ3) is 3.22. The smallest absolute Gasteiger partial charge is 0.295 e. The molecule has 3 aromatic rings. The number of hydrogen-bond donors (Lipinski definition) is 1. The van der Waals surface area contributed by atoms with Gasteiger partial charge in [0.1, 0.15) is 18.2 Å². The average Bonchev–Trinajstić information content (AvgIpc) is 2.99. The number of rotatable bonds is 5. The summed E-state index contributed by atoms with van der Waals surface area (Å²) in [5.74, 6) is 0.453. The Balaban J connectivity index is 1.75. The number of ether oxygens (including phenoxy) is 1. The van der Waals surface area contributed by atoms with E-state index in [1.54, 1.807) is 11.1 Å². The molecule has 2 heterocycles. The lowest BCUT2D eigenvalue weighted by Crippen LogP contribution is -2.32. The van der Waals surface area contributed by atoms with Gasteiger partial charge in [-0.15, -0.1) is 0 Å². The molecule has 0 saturated carbocycles. The van der Waals surface area contributed by atoms with E-state index >= 15 is 0 Å². The van der Waals surface area contributed by atoms with E-state index in [0.29, 0.717) is 17.1 Å². The number of aryl methyl sites for hydroxylation is 1. The van der Waals surface area contributed by atoms with Crippen molar-refractivity contribution in [3.63, 3.8) is 0 Å². The minimum atomic E-state index is -0.481. The van der Waals surface area contributed by atoms with Crippen LogP contribution >= 0.6 is 0 Å². The Labute approximate surface area is 163 Å². The first-order chi connectivity index (χ1) is 13.7. The summed E-state index contributed by atoms with van der Waals surface area (Å²) in [4.78, 5) is 18.9. The number of para-hydroxylation sites is 1. The van der Waals surface area contributed by atoms with Crippen molar-refractivity contribution in [2.24, 2.45) is 0 Å². The summed E-state index contributed by atoms with van der Waals surface area (Å²) < 4.78 is 5.86. The molecule has 1 unspecified atom stereocenters. The number of nitrogens with zero attached hydrogens (tertiary/aromatic N) is 2. The molecule has 0 spiro atoms. The van der Waals surface area contributed by atoms with Crippen LogP contribution in [-0.4, -0.2) is 22.6 Å². The monoisotopic (exact) mass is 372 g/mol. The zero-order chi connectivity index (χ0) is 19.5. The van der Waals surface area contributed by atoms with Crippen molar-refractivity contribution in [1.82, 2.24) is 4.98 Å². The number of anilines is 1. The van der Waals surface area contributed by atoms with E-state index in [0.717, 1.165) is 11.1 Å². The Bertz CT molecular complexity index is 1020. The van der Waals surface area contributed by atoms with Crippen molar-refractivity contribution in [2.75, 3.05) is 11.5 Å². The van der Waals surface area contributed by atoms with Gasteiger partial charge in [-0.1, -0.05) is 54.6 Å². The Hall–Kier alpha value is -3.60. The number of benzene rings is 2. The van der Waals surface area contributed by atoms with E-state index in [-0.39, 0.29) is 12.4 Å². The predicted molar refractivity (Wildman–Crippen MR) is 107 cm³/mol. The number of pyridine rings is 1. The number of aliphatic hydroxyl groups is 1. The SMILES string of the molecule is Cc1cccnc1N1C(=O)C(O)=C(COc2ccccc2)C1c1ccccc1. The molecule has 0 aliphatic carbocycles. The van der Waals surface area contributed by atoms with Gasteiger partial charge in [0.25, 0.3) is 5.91 Å². The highest BCUT2D eigenvalue weighted by atomic mass is 16.5. The quantitative estimate of drug-likeness (QED) is 0.722. The third-order valence-electron chi connectivity index (χ3n) is 4.78. The molecule has 0 saturated heterocycles. The van der Waals surface area contributed by atoms with Gasteiger partial charge in [-0.2, -0.15) is 0 Å². The predicted octanol–water partition coefficient (Wildman–Crippen LogP) is 4.37. The van der Waals surface area contributed by atoms with Crippen LogP contribution in [0.15, 0.2) is 90.3 Å². The highest BCUT2D eigenvalue weighted by Gasteiger charge is 2.42. The van der Waals surface area contributed by atoms with E-state index in [4.69, 9.17) is 4.74 Å². The Morgan fingerprint density at radius 2 is 1.68 bits per heavy atom. The Morgan fingerprint density at radius 1 is 1.00 bits per heavy atom. The Morgan fingerprint density at radius 3 is 2.36 bits per heavy atom. The lowest BCUT2D eigenvalue weighted by Gasteiger charge is -2.27. The average molecular weight is 372 g/mol. The molecule has 1 aromatic heterocycles.